The number of fused-ring (bicyclic) bond motifs is 1. The van der Waals surface area contributed by atoms with Crippen molar-refractivity contribution in [2.24, 2.45) is 5.92 Å². The molecule has 3 rings (SSSR count). The largest absolute Gasteiger partial charge is 0.371 e. The first-order valence-electron chi connectivity index (χ1n) is 5.99. The highest BCUT2D eigenvalue weighted by Gasteiger charge is 2.36. The van der Waals surface area contributed by atoms with Gasteiger partial charge in [0.2, 0.25) is 5.91 Å². The molecule has 0 aromatic heterocycles. The fourth-order valence-corrected chi connectivity index (χ4v) is 2.30. The lowest BCUT2D eigenvalue weighted by Gasteiger charge is -2.35. The zero-order valence-electron chi connectivity index (χ0n) is 9.82. The van der Waals surface area contributed by atoms with Gasteiger partial charge >= 0.3 is 0 Å². The summed E-state index contributed by atoms with van der Waals surface area (Å²) in [6.45, 7) is 1.46. The molecule has 1 aliphatic carbocycles. The van der Waals surface area contributed by atoms with Gasteiger partial charge in [0.1, 0.15) is 5.82 Å². The molecular formula is C13H15FN2O. The summed E-state index contributed by atoms with van der Waals surface area (Å²) in [5.41, 5.74) is 1.65. The fraction of sp³-hybridized carbons (Fsp3) is 0.462. The molecule has 1 fully saturated rings. The number of nitrogens with zero attached hydrogens (tertiary/aromatic N) is 2. The van der Waals surface area contributed by atoms with Crippen LogP contribution in [0.15, 0.2) is 18.2 Å². The second-order valence-electron chi connectivity index (χ2n) is 4.82. The molecule has 2 aliphatic rings. The van der Waals surface area contributed by atoms with Gasteiger partial charge in [-0.05, 0) is 31.0 Å². The summed E-state index contributed by atoms with van der Waals surface area (Å²) in [6.07, 6.45) is 2.00. The van der Waals surface area contributed by atoms with Crippen LogP contribution in [0.1, 0.15) is 12.8 Å². The van der Waals surface area contributed by atoms with Crippen molar-refractivity contribution in [3.63, 3.8) is 0 Å². The molecule has 1 aliphatic heterocycles. The van der Waals surface area contributed by atoms with Crippen molar-refractivity contribution in [3.8, 4) is 0 Å². The van der Waals surface area contributed by atoms with Crippen LogP contribution >= 0.6 is 0 Å². The van der Waals surface area contributed by atoms with E-state index < -0.39 is 0 Å². The average Bonchev–Trinajstić information content (AvgIpc) is 3.13. The Morgan fingerprint density at radius 1 is 1.29 bits per heavy atom. The van der Waals surface area contributed by atoms with E-state index in [1.165, 1.54) is 12.1 Å². The highest BCUT2D eigenvalue weighted by molar-refractivity contribution is 6.00. The van der Waals surface area contributed by atoms with Crippen LogP contribution in [-0.4, -0.2) is 26.0 Å². The van der Waals surface area contributed by atoms with Crippen molar-refractivity contribution in [1.29, 1.82) is 0 Å². The van der Waals surface area contributed by atoms with E-state index in [-0.39, 0.29) is 17.6 Å². The van der Waals surface area contributed by atoms with Crippen molar-refractivity contribution >= 4 is 17.3 Å². The van der Waals surface area contributed by atoms with Crippen LogP contribution in [-0.2, 0) is 4.79 Å². The van der Waals surface area contributed by atoms with Gasteiger partial charge in [-0.15, -0.1) is 0 Å². The number of rotatable bonds is 1. The Morgan fingerprint density at radius 2 is 2.06 bits per heavy atom. The van der Waals surface area contributed by atoms with Crippen LogP contribution in [0.2, 0.25) is 0 Å². The molecule has 0 bridgehead atoms. The quantitative estimate of drug-likeness (QED) is 0.742. The summed E-state index contributed by atoms with van der Waals surface area (Å²) in [7, 11) is 1.93. The van der Waals surface area contributed by atoms with Gasteiger partial charge in [-0.1, -0.05) is 0 Å². The van der Waals surface area contributed by atoms with Crippen molar-refractivity contribution in [2.45, 2.75) is 12.8 Å². The Kier molecular flexibility index (Phi) is 2.31. The minimum absolute atomic E-state index is 0.200. The third kappa shape index (κ3) is 1.77. The first kappa shape index (κ1) is 10.6. The Bertz CT molecular complexity index is 470. The van der Waals surface area contributed by atoms with Crippen molar-refractivity contribution in [3.05, 3.63) is 24.0 Å². The molecule has 1 amide bonds. The van der Waals surface area contributed by atoms with Crippen LogP contribution < -0.4 is 9.80 Å². The number of anilines is 2. The number of halogens is 1. The van der Waals surface area contributed by atoms with Gasteiger partial charge in [-0.2, -0.15) is 0 Å². The Balaban J connectivity index is 1.99. The summed E-state index contributed by atoms with van der Waals surface area (Å²) in [4.78, 5) is 15.9. The smallest absolute Gasteiger partial charge is 0.230 e. The molecule has 0 saturated heterocycles. The van der Waals surface area contributed by atoms with Gasteiger partial charge < -0.3 is 9.80 Å². The van der Waals surface area contributed by atoms with Gasteiger partial charge in [0.15, 0.2) is 0 Å². The highest BCUT2D eigenvalue weighted by atomic mass is 19.1. The molecule has 0 N–H and O–H groups in total. The molecule has 0 unspecified atom stereocenters. The van der Waals surface area contributed by atoms with Crippen LogP contribution in [0, 0.1) is 11.7 Å². The topological polar surface area (TPSA) is 23.6 Å². The van der Waals surface area contributed by atoms with E-state index in [1.54, 1.807) is 6.07 Å². The first-order valence-corrected chi connectivity index (χ1v) is 5.99. The molecule has 1 aromatic carbocycles. The Morgan fingerprint density at radius 3 is 2.76 bits per heavy atom. The van der Waals surface area contributed by atoms with E-state index in [0.717, 1.165) is 30.8 Å². The highest BCUT2D eigenvalue weighted by Crippen LogP contribution is 2.38. The number of likely N-dealkylation sites (N-methyl/N-ethyl adjacent to an activating group) is 1. The summed E-state index contributed by atoms with van der Waals surface area (Å²) < 4.78 is 13.2. The summed E-state index contributed by atoms with van der Waals surface area (Å²) in [5, 5.41) is 0. The minimum Gasteiger partial charge on any atom is -0.371 e. The maximum atomic E-state index is 13.2. The number of amides is 1. The second kappa shape index (κ2) is 3.72. The van der Waals surface area contributed by atoms with Crippen molar-refractivity contribution in [1.82, 2.24) is 0 Å². The lowest BCUT2D eigenvalue weighted by Crippen LogP contribution is -2.43. The molecule has 1 heterocycles. The monoisotopic (exact) mass is 234 g/mol. The molecule has 90 valence electrons. The van der Waals surface area contributed by atoms with E-state index >= 15 is 0 Å². The summed E-state index contributed by atoms with van der Waals surface area (Å²) >= 11 is 0. The lowest BCUT2D eigenvalue weighted by molar-refractivity contribution is -0.119. The molecular weight excluding hydrogens is 219 g/mol. The predicted octanol–water partition coefficient (Wildman–Crippen LogP) is 2.02. The molecule has 0 spiro atoms. The zero-order valence-corrected chi connectivity index (χ0v) is 9.82. The number of carbonyl (C=O) groups excluding carboxylic acids is 1. The number of carbonyl (C=O) groups is 1. The molecule has 1 aromatic rings. The molecule has 3 nitrogen and oxygen atoms in total. The maximum Gasteiger partial charge on any atom is 0.230 e. The van der Waals surface area contributed by atoms with E-state index in [4.69, 9.17) is 0 Å². The van der Waals surface area contributed by atoms with E-state index in [2.05, 4.69) is 0 Å². The van der Waals surface area contributed by atoms with Crippen LogP contribution in [0.5, 0.6) is 0 Å². The van der Waals surface area contributed by atoms with Crippen LogP contribution in [0.4, 0.5) is 15.8 Å². The zero-order chi connectivity index (χ0) is 12.0. The molecule has 4 heteroatoms. The maximum absolute atomic E-state index is 13.2. The van der Waals surface area contributed by atoms with E-state index in [9.17, 15) is 9.18 Å². The van der Waals surface area contributed by atoms with E-state index in [0.29, 0.717) is 6.54 Å². The summed E-state index contributed by atoms with van der Waals surface area (Å²) in [5.74, 6) is 0.151. The molecule has 1 saturated carbocycles. The predicted molar refractivity (Wildman–Crippen MR) is 64.7 cm³/mol. The first-order chi connectivity index (χ1) is 8.16. The van der Waals surface area contributed by atoms with Crippen molar-refractivity contribution < 1.29 is 9.18 Å². The Hall–Kier alpha value is -1.58. The number of benzene rings is 1. The van der Waals surface area contributed by atoms with E-state index in [1.807, 2.05) is 16.8 Å². The summed E-state index contributed by atoms with van der Waals surface area (Å²) in [6, 6.07) is 4.63. The van der Waals surface area contributed by atoms with Gasteiger partial charge in [-0.25, -0.2) is 4.39 Å². The molecule has 0 radical (unpaired) electrons. The number of hydrogen-bond acceptors (Lipinski definition) is 2. The molecule has 0 atom stereocenters. The standard InChI is InChI=1S/C13H15FN2O/c1-15-6-7-16(13(17)9-2-3-9)11-5-4-10(14)8-12(11)15/h4-5,8-9H,2-3,6-7H2,1H3. The lowest BCUT2D eigenvalue weighted by atomic mass is 10.1. The third-order valence-electron chi connectivity index (χ3n) is 3.49. The van der Waals surface area contributed by atoms with Crippen molar-refractivity contribution in [2.75, 3.05) is 29.9 Å². The second-order valence-corrected chi connectivity index (χ2v) is 4.82. The number of hydrogen-bond donors (Lipinski definition) is 0. The van der Waals surface area contributed by atoms with Crippen LogP contribution in [0.25, 0.3) is 0 Å². The molecule has 17 heavy (non-hydrogen) atoms. The normalized spacial score (nSPS) is 19.2. The van der Waals surface area contributed by atoms with Crippen LogP contribution in [0.3, 0.4) is 0 Å². The minimum atomic E-state index is -0.253. The van der Waals surface area contributed by atoms with Gasteiger partial charge in [0.25, 0.3) is 0 Å². The Labute approximate surface area is 99.8 Å². The van der Waals surface area contributed by atoms with Gasteiger partial charge in [0, 0.05) is 26.1 Å². The average molecular weight is 234 g/mol. The fourth-order valence-electron chi connectivity index (χ4n) is 2.30. The third-order valence-corrected chi connectivity index (χ3v) is 3.49. The van der Waals surface area contributed by atoms with Gasteiger partial charge in [0.05, 0.1) is 11.4 Å². The van der Waals surface area contributed by atoms with Gasteiger partial charge in [-0.3, -0.25) is 4.79 Å². The SMILES string of the molecule is CN1CCN(C(=O)C2CC2)c2ccc(F)cc21.